The molecule has 1 atom stereocenters. The highest BCUT2D eigenvalue weighted by atomic mass is 32.2. The van der Waals surface area contributed by atoms with E-state index in [1.54, 1.807) is 12.1 Å². The van der Waals surface area contributed by atoms with Crippen molar-refractivity contribution in [2.45, 2.75) is 24.5 Å². The third-order valence-corrected chi connectivity index (χ3v) is 5.41. The first kappa shape index (κ1) is 16.4. The molecular weight excluding hydrogens is 316 g/mol. The highest BCUT2D eigenvalue weighted by Gasteiger charge is 2.22. The Morgan fingerprint density at radius 2 is 2.17 bits per heavy atom. The molecule has 2 aromatic rings. The number of ether oxygens (including phenoxy) is 1. The van der Waals surface area contributed by atoms with Crippen LogP contribution in [0.1, 0.15) is 13.3 Å². The molecule has 126 valence electrons. The Labute approximate surface area is 136 Å². The first-order chi connectivity index (χ1) is 11.1. The number of nitrogens with zero attached hydrogens (tertiary/aromatic N) is 1. The lowest BCUT2D eigenvalue weighted by molar-refractivity contribution is -0.0292. The van der Waals surface area contributed by atoms with Crippen molar-refractivity contribution < 1.29 is 17.6 Å². The van der Waals surface area contributed by atoms with Crippen LogP contribution in [0.3, 0.4) is 0 Å². The van der Waals surface area contributed by atoms with Gasteiger partial charge in [-0.05, 0) is 19.0 Å². The number of sulfonamides is 1. The molecule has 1 fully saturated rings. The lowest BCUT2D eigenvalue weighted by Gasteiger charge is -2.32. The van der Waals surface area contributed by atoms with Gasteiger partial charge in [-0.3, -0.25) is 4.90 Å². The molecule has 3 rings (SSSR count). The Morgan fingerprint density at radius 1 is 1.35 bits per heavy atom. The lowest BCUT2D eigenvalue weighted by atomic mass is 10.2. The van der Waals surface area contributed by atoms with E-state index in [1.807, 2.05) is 18.2 Å². The minimum absolute atomic E-state index is 0.0431. The van der Waals surface area contributed by atoms with Crippen LogP contribution in [0.4, 0.5) is 0 Å². The van der Waals surface area contributed by atoms with Gasteiger partial charge in [0.05, 0.1) is 12.7 Å². The summed E-state index contributed by atoms with van der Waals surface area (Å²) in [6.45, 7) is 5.94. The Balaban J connectivity index is 1.58. The molecule has 0 saturated carbocycles. The fourth-order valence-corrected chi connectivity index (χ4v) is 3.77. The summed E-state index contributed by atoms with van der Waals surface area (Å²) >= 11 is 0. The number of likely N-dealkylation sites (N-methyl/N-ethyl adjacent to an activating group) is 1. The Morgan fingerprint density at radius 3 is 2.96 bits per heavy atom. The maximum Gasteiger partial charge on any atom is 0.274 e. The summed E-state index contributed by atoms with van der Waals surface area (Å²) in [6.07, 6.45) is 0.720. The standard InChI is InChI=1S/C16H22N2O4S/c1-2-18-9-10-21-14(12-18)7-8-17-23(19,20)16-11-13-5-3-4-6-15(13)22-16/h3-6,11,14,17H,2,7-10,12H2,1H3/t14-/m0/s1. The molecule has 1 aromatic heterocycles. The van der Waals surface area contributed by atoms with Gasteiger partial charge in [0.1, 0.15) is 5.58 Å². The van der Waals surface area contributed by atoms with E-state index < -0.39 is 10.0 Å². The summed E-state index contributed by atoms with van der Waals surface area (Å²) in [5.41, 5.74) is 0.571. The summed E-state index contributed by atoms with van der Waals surface area (Å²) in [5, 5.41) is 0.737. The summed E-state index contributed by atoms with van der Waals surface area (Å²) in [5.74, 6) is 0. The topological polar surface area (TPSA) is 71.8 Å². The maximum absolute atomic E-state index is 12.3. The van der Waals surface area contributed by atoms with Crippen LogP contribution < -0.4 is 4.72 Å². The van der Waals surface area contributed by atoms with E-state index in [1.165, 1.54) is 0 Å². The molecule has 0 spiro atoms. The van der Waals surface area contributed by atoms with Crippen LogP contribution in [0.15, 0.2) is 39.8 Å². The summed E-state index contributed by atoms with van der Waals surface area (Å²) in [4.78, 5) is 2.31. The van der Waals surface area contributed by atoms with Gasteiger partial charge in [-0.15, -0.1) is 0 Å². The molecule has 1 saturated heterocycles. The molecule has 0 bridgehead atoms. The van der Waals surface area contributed by atoms with Gasteiger partial charge in [0, 0.05) is 31.1 Å². The van der Waals surface area contributed by atoms with Crippen LogP contribution in [-0.4, -0.2) is 52.2 Å². The van der Waals surface area contributed by atoms with E-state index in [4.69, 9.17) is 9.15 Å². The average Bonchev–Trinajstić information content (AvgIpc) is 3.00. The average molecular weight is 338 g/mol. The van der Waals surface area contributed by atoms with Gasteiger partial charge >= 0.3 is 0 Å². The van der Waals surface area contributed by atoms with Gasteiger partial charge < -0.3 is 9.15 Å². The fourth-order valence-electron chi connectivity index (χ4n) is 2.76. The zero-order valence-electron chi connectivity index (χ0n) is 13.2. The number of fused-ring (bicyclic) bond motifs is 1. The Hall–Kier alpha value is -1.41. The lowest BCUT2D eigenvalue weighted by Crippen LogP contribution is -2.43. The van der Waals surface area contributed by atoms with Crippen molar-refractivity contribution in [3.8, 4) is 0 Å². The van der Waals surface area contributed by atoms with E-state index in [0.717, 1.165) is 25.0 Å². The third-order valence-electron chi connectivity index (χ3n) is 4.10. The number of nitrogens with one attached hydrogen (secondary N) is 1. The minimum Gasteiger partial charge on any atom is -0.443 e. The van der Waals surface area contributed by atoms with Crippen LogP contribution in [0.25, 0.3) is 11.0 Å². The number of furan rings is 1. The number of hydrogen-bond acceptors (Lipinski definition) is 5. The Bertz CT molecular complexity index is 723. The van der Waals surface area contributed by atoms with Crippen LogP contribution in [0, 0.1) is 0 Å². The molecule has 23 heavy (non-hydrogen) atoms. The predicted octanol–water partition coefficient (Wildman–Crippen LogP) is 1.82. The van der Waals surface area contributed by atoms with Crippen molar-refractivity contribution >= 4 is 21.0 Å². The van der Waals surface area contributed by atoms with Gasteiger partial charge in [0.25, 0.3) is 10.0 Å². The quantitative estimate of drug-likeness (QED) is 0.870. The van der Waals surface area contributed by atoms with Crippen LogP contribution in [0.2, 0.25) is 0 Å². The fraction of sp³-hybridized carbons (Fsp3) is 0.500. The van der Waals surface area contributed by atoms with E-state index in [2.05, 4.69) is 16.5 Å². The molecule has 7 heteroatoms. The molecule has 1 aliphatic heterocycles. The molecule has 0 aliphatic carbocycles. The maximum atomic E-state index is 12.3. The Kier molecular flexibility index (Phi) is 5.01. The second-order valence-electron chi connectivity index (χ2n) is 5.68. The van der Waals surface area contributed by atoms with Crippen molar-refractivity contribution in [2.24, 2.45) is 0 Å². The number of rotatable bonds is 6. The number of para-hydroxylation sites is 1. The minimum atomic E-state index is -3.63. The first-order valence-corrected chi connectivity index (χ1v) is 9.39. The van der Waals surface area contributed by atoms with Crippen molar-refractivity contribution in [1.29, 1.82) is 0 Å². The molecule has 1 aromatic carbocycles. The largest absolute Gasteiger partial charge is 0.443 e. The second-order valence-corrected chi connectivity index (χ2v) is 7.37. The third kappa shape index (κ3) is 3.92. The van der Waals surface area contributed by atoms with Crippen molar-refractivity contribution in [3.63, 3.8) is 0 Å². The number of hydrogen-bond donors (Lipinski definition) is 1. The first-order valence-electron chi connectivity index (χ1n) is 7.90. The predicted molar refractivity (Wildman–Crippen MR) is 87.9 cm³/mol. The molecule has 6 nitrogen and oxygen atoms in total. The second kappa shape index (κ2) is 7.00. The van der Waals surface area contributed by atoms with Gasteiger partial charge in [-0.25, -0.2) is 13.1 Å². The molecule has 0 amide bonds. The van der Waals surface area contributed by atoms with Crippen molar-refractivity contribution in [1.82, 2.24) is 9.62 Å². The van der Waals surface area contributed by atoms with Crippen LogP contribution in [0.5, 0.6) is 0 Å². The molecule has 0 unspecified atom stereocenters. The molecule has 1 aliphatic rings. The van der Waals surface area contributed by atoms with Gasteiger partial charge in [0.2, 0.25) is 5.09 Å². The summed E-state index contributed by atoms with van der Waals surface area (Å²) in [6, 6.07) is 8.79. The van der Waals surface area contributed by atoms with Gasteiger partial charge in [-0.2, -0.15) is 0 Å². The molecular formula is C16H22N2O4S. The molecule has 0 radical (unpaired) electrons. The van der Waals surface area contributed by atoms with Crippen LogP contribution in [-0.2, 0) is 14.8 Å². The van der Waals surface area contributed by atoms with Gasteiger partial charge in [0.15, 0.2) is 0 Å². The van der Waals surface area contributed by atoms with Gasteiger partial charge in [-0.1, -0.05) is 25.1 Å². The zero-order chi connectivity index (χ0) is 16.3. The highest BCUT2D eigenvalue weighted by Crippen LogP contribution is 2.22. The summed E-state index contributed by atoms with van der Waals surface area (Å²) in [7, 11) is -3.63. The number of morpholine rings is 1. The SMILES string of the molecule is CCN1CCO[C@@H](CCNS(=O)(=O)c2cc3ccccc3o2)C1. The summed E-state index contributed by atoms with van der Waals surface area (Å²) < 4.78 is 38.3. The monoisotopic (exact) mass is 338 g/mol. The van der Waals surface area contributed by atoms with Crippen molar-refractivity contribution in [3.05, 3.63) is 30.3 Å². The van der Waals surface area contributed by atoms with E-state index >= 15 is 0 Å². The normalized spacial score (nSPS) is 20.1. The van der Waals surface area contributed by atoms with E-state index in [0.29, 0.717) is 25.2 Å². The highest BCUT2D eigenvalue weighted by molar-refractivity contribution is 7.89. The van der Waals surface area contributed by atoms with E-state index in [9.17, 15) is 8.42 Å². The van der Waals surface area contributed by atoms with E-state index in [-0.39, 0.29) is 11.2 Å². The zero-order valence-corrected chi connectivity index (χ0v) is 14.0. The molecule has 1 N–H and O–H groups in total. The number of benzene rings is 1. The van der Waals surface area contributed by atoms with Crippen molar-refractivity contribution in [2.75, 3.05) is 32.8 Å². The molecule has 2 heterocycles. The smallest absolute Gasteiger partial charge is 0.274 e. The van der Waals surface area contributed by atoms with Crippen LogP contribution >= 0.6 is 0 Å².